The van der Waals surface area contributed by atoms with Crippen molar-refractivity contribution in [3.8, 4) is 68.9 Å². The third kappa shape index (κ3) is 44.5. The zero-order valence-corrected chi connectivity index (χ0v) is 52.3. The number of rotatable bonds is 6. The Morgan fingerprint density at radius 3 is 0.522 bits per heavy atom. The van der Waals surface area contributed by atoms with E-state index in [4.69, 9.17) is 38.9 Å². The van der Waals surface area contributed by atoms with Gasteiger partial charge in [0.05, 0.1) is 77.1 Å². The average molecular weight is 1440 g/mol. The summed E-state index contributed by atoms with van der Waals surface area (Å²) in [5.41, 5.74) is 8.76. The van der Waals surface area contributed by atoms with Crippen LogP contribution < -0.4 is 46.7 Å². The molecule has 0 aliphatic carbocycles. The molecule has 0 spiro atoms. The zero-order valence-electron chi connectivity index (χ0n) is 48.7. The van der Waals surface area contributed by atoms with E-state index in [0.29, 0.717) is 26.2 Å². The Hall–Kier alpha value is -7.92. The first-order valence-corrected chi connectivity index (χ1v) is 32.6. The van der Waals surface area contributed by atoms with Gasteiger partial charge >= 0.3 is 132 Å². The summed E-state index contributed by atoms with van der Waals surface area (Å²) in [7, 11) is -32.5. The number of pyridine rings is 4. The van der Waals surface area contributed by atoms with Gasteiger partial charge in [0, 0.05) is 62.4 Å². The summed E-state index contributed by atoms with van der Waals surface area (Å²) in [6, 6.07) is 36.4. The molecule has 16 aliphatic heterocycles. The number of methoxy groups -OCH3 is 6. The van der Waals surface area contributed by atoms with Crippen molar-refractivity contribution >= 4 is 31.2 Å². The standard InChI is InChI=1S/C40H40N4O4.C8H10O2.2C2H3N.4F6P/c1-45-37-21-34-26-42-15-7-30(8-16-42)32-11-19-44(20-12-32)28-36-24-39(47-3)35(23-40(36)48-4)27-43-17-9-31(10-18-43)29-5-13-41(14-6-29)25-33(37)22-38(34)46-2;1-9-7-3-5-8(10-2)6-4-7;2*1-2-3;4*1-7(2,3,4,5)6/h5-24H,25-28H2,1-4H3;3-6H,1-2H3;2*1H3;;;;/q+4;;;;4*-1. The molecule has 4 aromatic heterocycles. The number of benzene rings is 3. The molecule has 12 bridgehead atoms. The molecule has 7 aromatic rings. The summed E-state index contributed by atoms with van der Waals surface area (Å²) in [6.07, 6.45) is 16.8. The quantitative estimate of drug-likeness (QED) is 0.0918. The number of halogens is 24. The van der Waals surface area contributed by atoms with E-state index in [1.165, 1.54) is 13.8 Å². The molecule has 0 saturated carbocycles. The second-order valence-corrected chi connectivity index (χ2v) is 25.8. The van der Waals surface area contributed by atoms with Gasteiger partial charge in [0.2, 0.25) is 0 Å². The molecule has 0 unspecified atom stereocenters. The third-order valence-corrected chi connectivity index (χ3v) is 10.3. The first kappa shape index (κ1) is 82.1. The van der Waals surface area contributed by atoms with E-state index in [9.17, 15) is 101 Å². The summed E-state index contributed by atoms with van der Waals surface area (Å²) >= 11 is 0. The van der Waals surface area contributed by atoms with E-state index in [2.05, 4.69) is 141 Å². The monoisotopic (exact) mass is 1440 g/mol. The first-order chi connectivity index (χ1) is 41.0. The van der Waals surface area contributed by atoms with Crippen LogP contribution in [0, 0.1) is 22.7 Å². The normalized spacial score (nSPS) is 14.6. The number of hydrogen-bond acceptors (Lipinski definition) is 8. The van der Waals surface area contributed by atoms with Gasteiger partial charge in [-0.05, 0) is 70.8 Å². The molecule has 92 heavy (non-hydrogen) atoms. The molecule has 0 N–H and O–H groups in total. The van der Waals surface area contributed by atoms with E-state index in [1.54, 1.807) is 54.8 Å². The van der Waals surface area contributed by atoms with Crippen LogP contribution in [0.1, 0.15) is 36.1 Å². The molecule has 0 fully saturated rings. The number of ether oxygens (including phenoxy) is 6. The first-order valence-electron chi connectivity index (χ1n) is 24.5. The number of hydrogen-bond donors (Lipinski definition) is 0. The molecule has 23 rings (SSSR count). The number of nitrogens with zero attached hydrogens (tertiary/aromatic N) is 6. The molecule has 0 radical (unpaired) electrons. The van der Waals surface area contributed by atoms with Crippen molar-refractivity contribution in [3.63, 3.8) is 0 Å². The molecule has 20 heterocycles. The summed E-state index contributed by atoms with van der Waals surface area (Å²) in [5, 5.41) is 14.6. The Morgan fingerprint density at radius 2 is 0.413 bits per heavy atom. The van der Waals surface area contributed by atoms with Gasteiger partial charge in [-0.15, -0.1) is 0 Å². The van der Waals surface area contributed by atoms with Gasteiger partial charge in [0.15, 0.2) is 75.8 Å². The van der Waals surface area contributed by atoms with Gasteiger partial charge in [-0.25, -0.2) is 18.3 Å². The van der Waals surface area contributed by atoms with Crippen LogP contribution in [0.4, 0.5) is 101 Å². The SMILES string of the molecule is CC#N.CC#N.COc1cc2c(OC)cc1C[n+]1ccc(cc1)-c1cc[n+](cc1)Cc1cc(OC)c(cc1OC)C[n+]1ccc(cc1)-c1cc[n+](cc1)C2.COc1ccc(OC)cc1.F[P-](F)(F)(F)(F)F.F[P-](F)(F)(F)(F)F.F[P-](F)(F)(F)(F)F.F[P-](F)(F)(F)(F)F. The molecule has 40 heteroatoms. The van der Waals surface area contributed by atoms with Crippen LogP contribution in [0.5, 0.6) is 34.5 Å². The van der Waals surface area contributed by atoms with Gasteiger partial charge in [-0.3, -0.25) is 0 Å². The number of nitriles is 2. The van der Waals surface area contributed by atoms with E-state index >= 15 is 0 Å². The van der Waals surface area contributed by atoms with Gasteiger partial charge in [0.1, 0.15) is 34.5 Å². The Bertz CT molecular complexity index is 3150. The van der Waals surface area contributed by atoms with E-state index < -0.39 is 31.2 Å². The fraction of sp³-hybridized carbons (Fsp3) is 0.231. The van der Waals surface area contributed by atoms with Gasteiger partial charge < -0.3 is 28.4 Å². The van der Waals surface area contributed by atoms with Crippen molar-refractivity contribution in [2.45, 2.75) is 40.0 Å². The topological polar surface area (TPSA) is 118 Å². The molecule has 518 valence electrons. The number of aromatic nitrogens is 4. The summed E-state index contributed by atoms with van der Waals surface area (Å²) in [5.74, 6) is 5.04. The fourth-order valence-corrected chi connectivity index (χ4v) is 7.06. The summed E-state index contributed by atoms with van der Waals surface area (Å²) in [4.78, 5) is 0. The predicted octanol–water partition coefficient (Wildman–Crippen LogP) is 21.0. The van der Waals surface area contributed by atoms with Crippen LogP contribution in [-0.4, -0.2) is 42.7 Å². The van der Waals surface area contributed by atoms with Gasteiger partial charge in [-0.1, -0.05) is 0 Å². The average Bonchev–Trinajstić information content (AvgIpc) is 0.849. The zero-order chi connectivity index (χ0) is 71.5. The van der Waals surface area contributed by atoms with Crippen LogP contribution in [-0.2, 0) is 26.2 Å². The van der Waals surface area contributed by atoms with Crippen LogP contribution in [0.2, 0.25) is 0 Å². The van der Waals surface area contributed by atoms with Crippen LogP contribution >= 0.6 is 31.2 Å². The fourth-order valence-electron chi connectivity index (χ4n) is 7.06. The van der Waals surface area contributed by atoms with Gasteiger partial charge in [-0.2, -0.15) is 10.5 Å². The second kappa shape index (κ2) is 27.7. The minimum atomic E-state index is -10.7. The van der Waals surface area contributed by atoms with Crippen molar-refractivity contribution in [2.75, 3.05) is 42.7 Å². The molecule has 12 nitrogen and oxygen atoms in total. The van der Waals surface area contributed by atoms with Crippen LogP contribution in [0.3, 0.4) is 0 Å². The molecule has 0 atom stereocenters. The van der Waals surface area contributed by atoms with E-state index in [-0.39, 0.29) is 0 Å². The maximum atomic E-state index is 9.87. The Balaban J connectivity index is 0.000000771. The van der Waals surface area contributed by atoms with Crippen LogP contribution in [0.15, 0.2) is 147 Å². The van der Waals surface area contributed by atoms with E-state index in [0.717, 1.165) is 79.0 Å². The third-order valence-electron chi connectivity index (χ3n) is 10.3. The Labute approximate surface area is 508 Å². The molecular weight excluding hydrogens is 1380 g/mol. The molecule has 0 saturated heterocycles. The second-order valence-electron chi connectivity index (χ2n) is 18.1. The van der Waals surface area contributed by atoms with E-state index in [1.807, 2.05) is 24.3 Å². The molecule has 3 aromatic carbocycles. The predicted molar refractivity (Wildman–Crippen MR) is 296 cm³/mol. The summed E-state index contributed by atoms with van der Waals surface area (Å²) < 4.78 is 279. The van der Waals surface area contributed by atoms with Gasteiger partial charge in [0.25, 0.3) is 0 Å². The Morgan fingerprint density at radius 1 is 0.283 bits per heavy atom. The molecular formula is C52H56F24N6O6P4. The van der Waals surface area contributed by atoms with Crippen molar-refractivity contribution < 1.29 is 147 Å². The van der Waals surface area contributed by atoms with Crippen molar-refractivity contribution in [2.24, 2.45) is 0 Å². The van der Waals surface area contributed by atoms with Crippen molar-refractivity contribution in [1.82, 2.24) is 0 Å². The Kier molecular flexibility index (Phi) is 24.7. The van der Waals surface area contributed by atoms with Crippen LogP contribution in [0.25, 0.3) is 22.3 Å². The minimum absolute atomic E-state index is 0.651. The molecule has 0 amide bonds. The summed E-state index contributed by atoms with van der Waals surface area (Å²) in [6.45, 7) is 5.46. The van der Waals surface area contributed by atoms with Crippen molar-refractivity contribution in [1.29, 1.82) is 10.5 Å². The molecule has 16 aliphatic rings. The maximum absolute atomic E-state index is 10.7. The van der Waals surface area contributed by atoms with Crippen molar-refractivity contribution in [3.05, 3.63) is 169 Å².